The first kappa shape index (κ1) is 18.0. The summed E-state index contributed by atoms with van der Waals surface area (Å²) >= 11 is 0. The van der Waals surface area contributed by atoms with Crippen molar-refractivity contribution in [3.63, 3.8) is 0 Å². The van der Waals surface area contributed by atoms with Gasteiger partial charge in [-0.1, -0.05) is 12.1 Å². The van der Waals surface area contributed by atoms with Crippen molar-refractivity contribution in [2.24, 2.45) is 0 Å². The van der Waals surface area contributed by atoms with E-state index in [0.29, 0.717) is 32.0 Å². The number of amides is 1. The molecule has 1 saturated heterocycles. The number of rotatable bonds is 3. The number of nitro benzene ring substituents is 1. The largest absolute Gasteiger partial charge is 0.444 e. The monoisotopic (exact) mass is 337 g/mol. The van der Waals surface area contributed by atoms with Gasteiger partial charge >= 0.3 is 6.09 Å². The van der Waals surface area contributed by atoms with Crippen LogP contribution in [0.15, 0.2) is 24.3 Å². The fraction of sp³-hybridized carbons (Fsp3) is 0.562. The molecule has 0 spiro atoms. The van der Waals surface area contributed by atoms with Gasteiger partial charge in [-0.25, -0.2) is 4.79 Å². The van der Waals surface area contributed by atoms with E-state index in [1.54, 1.807) is 23.1 Å². The lowest BCUT2D eigenvalue weighted by molar-refractivity contribution is -0.384. The lowest BCUT2D eigenvalue weighted by atomic mass is 10.2. The summed E-state index contributed by atoms with van der Waals surface area (Å²) in [5.74, 6) is 0. The molecule has 132 valence electrons. The number of hydrogen-bond donors (Lipinski definition) is 1. The van der Waals surface area contributed by atoms with Gasteiger partial charge in [-0.15, -0.1) is 0 Å². The molecule has 1 aliphatic heterocycles. The molecule has 1 N–H and O–H groups in total. The van der Waals surface area contributed by atoms with E-state index >= 15 is 0 Å². The van der Waals surface area contributed by atoms with Gasteiger partial charge in [0.05, 0.1) is 24.2 Å². The Morgan fingerprint density at radius 2 is 2.12 bits per heavy atom. The lowest BCUT2D eigenvalue weighted by Crippen LogP contribution is -2.43. The van der Waals surface area contributed by atoms with Gasteiger partial charge in [0.25, 0.3) is 5.69 Å². The Balaban J connectivity index is 2.08. The molecule has 2 rings (SSSR count). The minimum atomic E-state index is -0.578. The molecule has 0 radical (unpaired) electrons. The Labute approximate surface area is 140 Å². The van der Waals surface area contributed by atoms with Crippen molar-refractivity contribution >= 4 is 17.5 Å². The van der Waals surface area contributed by atoms with E-state index in [1.807, 2.05) is 20.8 Å². The summed E-state index contributed by atoms with van der Waals surface area (Å²) in [5.41, 5.74) is -0.182. The Hall–Kier alpha value is -2.35. The minimum absolute atomic E-state index is 0.00874. The number of carbonyl (C=O) groups is 1. The van der Waals surface area contributed by atoms with E-state index < -0.39 is 16.6 Å². The average molecular weight is 337 g/mol. The van der Waals surface area contributed by atoms with Crippen LogP contribution in [0.3, 0.4) is 0 Å². The van der Waals surface area contributed by atoms with Crippen LogP contribution in [0.2, 0.25) is 0 Å². The third-order valence-electron chi connectivity index (χ3n) is 3.38. The highest BCUT2D eigenvalue weighted by Crippen LogP contribution is 2.24. The van der Waals surface area contributed by atoms with Crippen LogP contribution in [0.5, 0.6) is 0 Å². The van der Waals surface area contributed by atoms with Gasteiger partial charge < -0.3 is 19.7 Å². The molecule has 1 atom stereocenters. The van der Waals surface area contributed by atoms with Gasteiger partial charge in [0.15, 0.2) is 0 Å². The third kappa shape index (κ3) is 5.09. The zero-order valence-corrected chi connectivity index (χ0v) is 14.2. The molecule has 1 heterocycles. The first-order valence-corrected chi connectivity index (χ1v) is 7.82. The van der Waals surface area contributed by atoms with Crippen molar-refractivity contribution in [1.29, 1.82) is 0 Å². The molecular formula is C16H23N3O5. The highest BCUT2D eigenvalue weighted by Gasteiger charge is 2.27. The van der Waals surface area contributed by atoms with Crippen LogP contribution in [-0.4, -0.2) is 53.9 Å². The Morgan fingerprint density at radius 1 is 1.42 bits per heavy atom. The SMILES string of the molecule is CC(C)(C)OC(=O)N1CCOCC(Nc2ccccc2[N+](=O)[O-])C1. The molecule has 24 heavy (non-hydrogen) atoms. The zero-order chi connectivity index (χ0) is 17.7. The van der Waals surface area contributed by atoms with Crippen LogP contribution in [0.4, 0.5) is 16.2 Å². The predicted octanol–water partition coefficient (Wildman–Crippen LogP) is 2.64. The first-order chi connectivity index (χ1) is 11.3. The van der Waals surface area contributed by atoms with Crippen molar-refractivity contribution in [3.8, 4) is 0 Å². The highest BCUT2D eigenvalue weighted by atomic mass is 16.6. The van der Waals surface area contributed by atoms with Crippen LogP contribution in [0.1, 0.15) is 20.8 Å². The predicted molar refractivity (Wildman–Crippen MR) is 89.1 cm³/mol. The van der Waals surface area contributed by atoms with Crippen molar-refractivity contribution < 1.29 is 19.2 Å². The van der Waals surface area contributed by atoms with Gasteiger partial charge in [0.1, 0.15) is 11.3 Å². The number of hydrogen-bond acceptors (Lipinski definition) is 6. The van der Waals surface area contributed by atoms with Crippen LogP contribution < -0.4 is 5.32 Å². The number of nitrogens with zero attached hydrogens (tertiary/aromatic N) is 2. The highest BCUT2D eigenvalue weighted by molar-refractivity contribution is 5.68. The summed E-state index contributed by atoms with van der Waals surface area (Å²) < 4.78 is 10.9. The normalized spacial score (nSPS) is 18.6. The molecule has 1 unspecified atom stereocenters. The first-order valence-electron chi connectivity index (χ1n) is 7.82. The number of anilines is 1. The standard InChI is InChI=1S/C16H23N3O5/c1-16(2,3)24-15(20)18-8-9-23-11-12(10-18)17-13-6-4-5-7-14(13)19(21)22/h4-7,12,17H,8-11H2,1-3H3. The molecule has 1 aromatic rings. The molecule has 1 fully saturated rings. The summed E-state index contributed by atoms with van der Waals surface area (Å²) in [4.78, 5) is 24.5. The van der Waals surface area contributed by atoms with Gasteiger partial charge in [-0.3, -0.25) is 10.1 Å². The van der Waals surface area contributed by atoms with Gasteiger partial charge in [-0.2, -0.15) is 0 Å². The van der Waals surface area contributed by atoms with E-state index in [1.165, 1.54) is 6.07 Å². The van der Waals surface area contributed by atoms with Gasteiger partial charge in [0.2, 0.25) is 0 Å². The Bertz CT molecular complexity index is 600. The van der Waals surface area contributed by atoms with E-state index in [0.717, 1.165) is 0 Å². The molecular weight excluding hydrogens is 314 g/mol. The van der Waals surface area contributed by atoms with Gasteiger partial charge in [0, 0.05) is 19.2 Å². The molecule has 8 nitrogen and oxygen atoms in total. The molecule has 0 aliphatic carbocycles. The quantitative estimate of drug-likeness (QED) is 0.673. The van der Waals surface area contributed by atoms with E-state index in [-0.39, 0.29) is 11.7 Å². The fourth-order valence-electron chi connectivity index (χ4n) is 2.36. The maximum absolute atomic E-state index is 12.3. The Kier molecular flexibility index (Phi) is 5.61. The van der Waals surface area contributed by atoms with E-state index in [4.69, 9.17) is 9.47 Å². The summed E-state index contributed by atoms with van der Waals surface area (Å²) in [7, 11) is 0. The Morgan fingerprint density at radius 3 is 2.79 bits per heavy atom. The second-order valence-corrected chi connectivity index (χ2v) is 6.62. The van der Waals surface area contributed by atoms with Crippen molar-refractivity contribution in [3.05, 3.63) is 34.4 Å². The van der Waals surface area contributed by atoms with Crippen molar-refractivity contribution in [1.82, 2.24) is 4.90 Å². The smallest absolute Gasteiger partial charge is 0.410 e. The minimum Gasteiger partial charge on any atom is -0.444 e. The lowest BCUT2D eigenvalue weighted by Gasteiger charge is -2.28. The molecule has 0 saturated carbocycles. The van der Waals surface area contributed by atoms with Crippen molar-refractivity contribution in [2.75, 3.05) is 31.6 Å². The summed E-state index contributed by atoms with van der Waals surface area (Å²) in [6, 6.07) is 6.14. The van der Waals surface area contributed by atoms with Crippen LogP contribution in [-0.2, 0) is 9.47 Å². The average Bonchev–Trinajstić information content (AvgIpc) is 2.71. The fourth-order valence-corrected chi connectivity index (χ4v) is 2.36. The van der Waals surface area contributed by atoms with Crippen LogP contribution in [0, 0.1) is 10.1 Å². The maximum atomic E-state index is 12.3. The number of ether oxygens (including phenoxy) is 2. The topological polar surface area (TPSA) is 93.9 Å². The summed E-state index contributed by atoms with van der Waals surface area (Å²) in [6.07, 6.45) is -0.414. The molecule has 1 aliphatic rings. The van der Waals surface area contributed by atoms with E-state index in [9.17, 15) is 14.9 Å². The summed E-state index contributed by atoms with van der Waals surface area (Å²) in [5, 5.41) is 14.2. The van der Waals surface area contributed by atoms with Crippen LogP contribution in [0.25, 0.3) is 0 Å². The second kappa shape index (κ2) is 7.48. The molecule has 0 bridgehead atoms. The zero-order valence-electron chi connectivity index (χ0n) is 14.2. The number of nitrogens with one attached hydrogen (secondary N) is 1. The second-order valence-electron chi connectivity index (χ2n) is 6.62. The molecule has 1 amide bonds. The molecule has 8 heteroatoms. The van der Waals surface area contributed by atoms with Crippen LogP contribution >= 0.6 is 0 Å². The summed E-state index contributed by atoms with van der Waals surface area (Å²) in [6.45, 7) is 6.94. The number of benzene rings is 1. The maximum Gasteiger partial charge on any atom is 0.410 e. The number of para-hydroxylation sites is 2. The molecule has 0 aromatic heterocycles. The van der Waals surface area contributed by atoms with Gasteiger partial charge in [-0.05, 0) is 26.8 Å². The third-order valence-corrected chi connectivity index (χ3v) is 3.38. The molecule has 1 aromatic carbocycles. The van der Waals surface area contributed by atoms with E-state index in [2.05, 4.69) is 5.32 Å². The van der Waals surface area contributed by atoms with Crippen molar-refractivity contribution in [2.45, 2.75) is 32.4 Å². The number of carbonyl (C=O) groups excluding carboxylic acids is 1. The number of nitro groups is 1.